The summed E-state index contributed by atoms with van der Waals surface area (Å²) in [6, 6.07) is 6.80. The topological polar surface area (TPSA) is 26.0 Å². The quantitative estimate of drug-likeness (QED) is 0.831. The number of alkyl halides is 2. The van der Waals surface area contributed by atoms with Gasteiger partial charge in [0, 0.05) is 5.02 Å². The highest BCUT2D eigenvalue weighted by Gasteiger charge is 2.30. The number of nitrogens with two attached hydrogens (primary N) is 1. The number of hydrogen-bond acceptors (Lipinski definition) is 1. The molecule has 0 aliphatic rings. The first-order chi connectivity index (χ1) is 6.42. The summed E-state index contributed by atoms with van der Waals surface area (Å²) in [7, 11) is 0. The average Bonchev–Trinajstić information content (AvgIpc) is 2.02. The van der Waals surface area contributed by atoms with Gasteiger partial charge in [0.1, 0.15) is 0 Å². The molecule has 4 heteroatoms. The second-order valence-electron chi connectivity index (χ2n) is 3.61. The van der Waals surface area contributed by atoms with E-state index in [1.54, 1.807) is 24.3 Å². The monoisotopic (exact) mass is 219 g/mol. The van der Waals surface area contributed by atoms with Crippen molar-refractivity contribution in [1.82, 2.24) is 0 Å². The number of halogens is 3. The average molecular weight is 220 g/mol. The van der Waals surface area contributed by atoms with Crippen LogP contribution in [0.3, 0.4) is 0 Å². The Labute approximate surface area is 86.9 Å². The Morgan fingerprint density at radius 3 is 2.64 bits per heavy atom. The third-order valence-electron chi connectivity index (χ3n) is 1.97. The van der Waals surface area contributed by atoms with Gasteiger partial charge in [0.25, 0.3) is 6.43 Å². The maximum Gasteiger partial charge on any atom is 0.256 e. The molecular formula is C10H12ClF2N. The van der Waals surface area contributed by atoms with Crippen LogP contribution in [0.1, 0.15) is 12.5 Å². The highest BCUT2D eigenvalue weighted by atomic mass is 35.5. The van der Waals surface area contributed by atoms with Gasteiger partial charge in [-0.25, -0.2) is 8.78 Å². The van der Waals surface area contributed by atoms with E-state index in [1.807, 2.05) is 0 Å². The number of hydrogen-bond donors (Lipinski definition) is 1. The second kappa shape index (κ2) is 4.24. The summed E-state index contributed by atoms with van der Waals surface area (Å²) in [5, 5.41) is 0.535. The van der Waals surface area contributed by atoms with Gasteiger partial charge < -0.3 is 5.73 Å². The van der Waals surface area contributed by atoms with Crippen molar-refractivity contribution in [2.45, 2.75) is 25.3 Å². The van der Waals surface area contributed by atoms with Crippen LogP contribution in [-0.2, 0) is 6.42 Å². The predicted molar refractivity (Wildman–Crippen MR) is 53.8 cm³/mol. The van der Waals surface area contributed by atoms with Crippen molar-refractivity contribution in [1.29, 1.82) is 0 Å². The van der Waals surface area contributed by atoms with E-state index in [-0.39, 0.29) is 6.42 Å². The zero-order chi connectivity index (χ0) is 10.8. The maximum absolute atomic E-state index is 12.4. The minimum Gasteiger partial charge on any atom is -0.320 e. The standard InChI is InChI=1S/C10H12ClF2N/c1-10(14,9(12)13)6-7-3-2-4-8(11)5-7/h2-5,9H,6,14H2,1H3. The molecule has 78 valence electrons. The lowest BCUT2D eigenvalue weighted by Gasteiger charge is -2.23. The second-order valence-corrected chi connectivity index (χ2v) is 4.05. The van der Waals surface area contributed by atoms with Gasteiger partial charge in [0.15, 0.2) is 0 Å². The smallest absolute Gasteiger partial charge is 0.256 e. The van der Waals surface area contributed by atoms with Gasteiger partial charge in [0.2, 0.25) is 0 Å². The third-order valence-corrected chi connectivity index (χ3v) is 2.21. The van der Waals surface area contributed by atoms with Gasteiger partial charge in [0.05, 0.1) is 5.54 Å². The summed E-state index contributed by atoms with van der Waals surface area (Å²) < 4.78 is 24.9. The minimum atomic E-state index is -2.54. The number of benzene rings is 1. The Bertz CT molecular complexity index is 313. The van der Waals surface area contributed by atoms with Crippen LogP contribution in [-0.4, -0.2) is 12.0 Å². The van der Waals surface area contributed by atoms with Crippen molar-refractivity contribution >= 4 is 11.6 Å². The molecule has 1 rings (SSSR count). The Hall–Kier alpha value is -0.670. The molecule has 0 aliphatic carbocycles. The molecular weight excluding hydrogens is 208 g/mol. The lowest BCUT2D eigenvalue weighted by molar-refractivity contribution is 0.0639. The molecule has 0 aliphatic heterocycles. The Kier molecular flexibility index (Phi) is 3.45. The Morgan fingerprint density at radius 2 is 2.14 bits per heavy atom. The Balaban J connectivity index is 2.78. The van der Waals surface area contributed by atoms with Crippen LogP contribution < -0.4 is 5.73 Å². The fourth-order valence-corrected chi connectivity index (χ4v) is 1.38. The van der Waals surface area contributed by atoms with Crippen LogP contribution in [0, 0.1) is 0 Å². The van der Waals surface area contributed by atoms with E-state index in [0.29, 0.717) is 5.02 Å². The molecule has 1 aromatic carbocycles. The van der Waals surface area contributed by atoms with Crippen LogP contribution >= 0.6 is 11.6 Å². The van der Waals surface area contributed by atoms with Gasteiger partial charge in [-0.1, -0.05) is 23.7 Å². The van der Waals surface area contributed by atoms with Gasteiger partial charge in [-0.3, -0.25) is 0 Å². The summed E-state index contributed by atoms with van der Waals surface area (Å²) in [5.41, 5.74) is 4.68. The van der Waals surface area contributed by atoms with E-state index in [1.165, 1.54) is 6.92 Å². The third kappa shape index (κ3) is 2.93. The van der Waals surface area contributed by atoms with E-state index in [0.717, 1.165) is 5.56 Å². The molecule has 14 heavy (non-hydrogen) atoms. The lowest BCUT2D eigenvalue weighted by atomic mass is 9.94. The van der Waals surface area contributed by atoms with Crippen molar-refractivity contribution in [3.8, 4) is 0 Å². The van der Waals surface area contributed by atoms with Gasteiger partial charge in [-0.05, 0) is 31.0 Å². The van der Waals surface area contributed by atoms with E-state index < -0.39 is 12.0 Å². The van der Waals surface area contributed by atoms with Crippen molar-refractivity contribution in [3.63, 3.8) is 0 Å². The van der Waals surface area contributed by atoms with E-state index >= 15 is 0 Å². The molecule has 0 bridgehead atoms. The molecule has 2 N–H and O–H groups in total. The molecule has 0 heterocycles. The molecule has 0 fully saturated rings. The van der Waals surface area contributed by atoms with Crippen molar-refractivity contribution in [2.75, 3.05) is 0 Å². The fraction of sp³-hybridized carbons (Fsp3) is 0.400. The molecule has 0 amide bonds. The minimum absolute atomic E-state index is 0.116. The SMILES string of the molecule is CC(N)(Cc1cccc(Cl)c1)C(F)F. The van der Waals surface area contributed by atoms with Gasteiger partial charge in [-0.2, -0.15) is 0 Å². The van der Waals surface area contributed by atoms with Crippen LogP contribution in [0.25, 0.3) is 0 Å². The zero-order valence-electron chi connectivity index (χ0n) is 7.81. The largest absolute Gasteiger partial charge is 0.320 e. The first kappa shape index (κ1) is 11.4. The summed E-state index contributed by atoms with van der Waals surface area (Å²) in [6.45, 7) is 1.33. The molecule has 0 saturated heterocycles. The van der Waals surface area contributed by atoms with E-state index in [4.69, 9.17) is 17.3 Å². The van der Waals surface area contributed by atoms with E-state index in [9.17, 15) is 8.78 Å². The molecule has 1 nitrogen and oxygen atoms in total. The number of rotatable bonds is 3. The summed E-state index contributed by atoms with van der Waals surface area (Å²) in [5.74, 6) is 0. The summed E-state index contributed by atoms with van der Waals surface area (Å²) >= 11 is 5.72. The van der Waals surface area contributed by atoms with Crippen molar-refractivity contribution < 1.29 is 8.78 Å². The Morgan fingerprint density at radius 1 is 1.50 bits per heavy atom. The highest BCUT2D eigenvalue weighted by Crippen LogP contribution is 2.20. The van der Waals surface area contributed by atoms with E-state index in [2.05, 4.69) is 0 Å². The zero-order valence-corrected chi connectivity index (χ0v) is 8.56. The lowest BCUT2D eigenvalue weighted by Crippen LogP contribution is -2.45. The normalized spacial score (nSPS) is 15.6. The van der Waals surface area contributed by atoms with Crippen LogP contribution in [0.15, 0.2) is 24.3 Å². The molecule has 0 aromatic heterocycles. The molecule has 0 radical (unpaired) electrons. The van der Waals surface area contributed by atoms with Crippen molar-refractivity contribution in [3.05, 3.63) is 34.9 Å². The highest BCUT2D eigenvalue weighted by molar-refractivity contribution is 6.30. The first-order valence-electron chi connectivity index (χ1n) is 4.23. The molecule has 0 saturated carbocycles. The maximum atomic E-state index is 12.4. The molecule has 1 atom stereocenters. The summed E-state index contributed by atoms with van der Waals surface area (Å²) in [4.78, 5) is 0. The molecule has 1 unspecified atom stereocenters. The van der Waals surface area contributed by atoms with Crippen LogP contribution in [0.4, 0.5) is 8.78 Å². The van der Waals surface area contributed by atoms with Crippen LogP contribution in [0.2, 0.25) is 5.02 Å². The summed E-state index contributed by atoms with van der Waals surface area (Å²) in [6.07, 6.45) is -2.42. The fourth-order valence-electron chi connectivity index (χ4n) is 1.16. The molecule has 0 spiro atoms. The molecule has 1 aromatic rings. The van der Waals surface area contributed by atoms with Gasteiger partial charge >= 0.3 is 0 Å². The van der Waals surface area contributed by atoms with Gasteiger partial charge in [-0.15, -0.1) is 0 Å². The van der Waals surface area contributed by atoms with Crippen molar-refractivity contribution in [2.24, 2.45) is 5.73 Å². The predicted octanol–water partition coefficient (Wildman–Crippen LogP) is 2.87. The van der Waals surface area contributed by atoms with Crippen LogP contribution in [0.5, 0.6) is 0 Å². The first-order valence-corrected chi connectivity index (χ1v) is 4.61.